The summed E-state index contributed by atoms with van der Waals surface area (Å²) >= 11 is 12.1. The van der Waals surface area contributed by atoms with Gasteiger partial charge in [0.2, 0.25) is 0 Å². The van der Waals surface area contributed by atoms with Crippen LogP contribution in [0.15, 0.2) is 76.9 Å². The molecule has 0 amide bonds. The first kappa shape index (κ1) is 15.1. The third kappa shape index (κ3) is 2.64. The molecule has 1 aliphatic carbocycles. The van der Waals surface area contributed by atoms with Crippen LogP contribution >= 0.6 is 23.2 Å². The molecule has 0 fully saturated rings. The summed E-state index contributed by atoms with van der Waals surface area (Å²) in [5.74, 6) is 0. The van der Waals surface area contributed by atoms with E-state index in [-0.39, 0.29) is 0 Å². The minimum absolute atomic E-state index is 0.554. The van der Waals surface area contributed by atoms with Gasteiger partial charge in [0, 0.05) is 21.7 Å². The Bertz CT molecular complexity index is 943. The maximum Gasteiger partial charge on any atom is 0.101 e. The molecule has 2 nitrogen and oxygen atoms in total. The van der Waals surface area contributed by atoms with Crippen LogP contribution in [-0.2, 0) is 0 Å². The third-order valence-corrected chi connectivity index (χ3v) is 4.53. The summed E-state index contributed by atoms with van der Waals surface area (Å²) in [5.41, 5.74) is 6.22. The molecule has 0 heterocycles. The number of fused-ring (bicyclic) bond motifs is 3. The average molecular weight is 351 g/mol. The van der Waals surface area contributed by atoms with E-state index >= 15 is 0 Å². The molecule has 116 valence electrons. The van der Waals surface area contributed by atoms with Crippen molar-refractivity contribution in [1.29, 1.82) is 0 Å². The van der Waals surface area contributed by atoms with Gasteiger partial charge >= 0.3 is 0 Å². The van der Waals surface area contributed by atoms with Gasteiger partial charge in [0.15, 0.2) is 0 Å². The van der Waals surface area contributed by atoms with Gasteiger partial charge in [0.25, 0.3) is 0 Å². The topological polar surface area (TPSA) is 24.7 Å². The highest BCUT2D eigenvalue weighted by atomic mass is 35.5. The van der Waals surface area contributed by atoms with E-state index in [2.05, 4.69) is 34.5 Å². The molecule has 0 saturated heterocycles. The van der Waals surface area contributed by atoms with Crippen LogP contribution in [0.2, 0.25) is 10.0 Å². The van der Waals surface area contributed by atoms with E-state index in [1.807, 2.05) is 30.3 Å². The quantitative estimate of drug-likeness (QED) is 0.320. The van der Waals surface area contributed by atoms with Gasteiger partial charge in [0.1, 0.15) is 5.71 Å². The number of nitrogens with zero attached hydrogens (tertiary/aromatic N) is 2. The van der Waals surface area contributed by atoms with Crippen LogP contribution in [0, 0.1) is 0 Å². The van der Waals surface area contributed by atoms with Gasteiger partial charge in [-0.3, -0.25) is 0 Å². The molecule has 24 heavy (non-hydrogen) atoms. The van der Waals surface area contributed by atoms with Crippen LogP contribution in [0.4, 0.5) is 0 Å². The van der Waals surface area contributed by atoms with Gasteiger partial charge < -0.3 is 0 Å². The summed E-state index contributed by atoms with van der Waals surface area (Å²) in [6.45, 7) is 0. The fraction of sp³-hybridized carbons (Fsp3) is 0. The number of rotatable bonds is 2. The van der Waals surface area contributed by atoms with Gasteiger partial charge in [-0.25, -0.2) is 0 Å². The van der Waals surface area contributed by atoms with E-state index in [4.69, 9.17) is 23.2 Å². The largest absolute Gasteiger partial charge is 0.158 e. The lowest BCUT2D eigenvalue weighted by atomic mass is 10.1. The van der Waals surface area contributed by atoms with Crippen LogP contribution in [0.25, 0.3) is 11.1 Å². The molecule has 0 spiro atoms. The van der Waals surface area contributed by atoms with Crippen LogP contribution in [0.5, 0.6) is 0 Å². The fourth-order valence-electron chi connectivity index (χ4n) is 2.86. The summed E-state index contributed by atoms with van der Waals surface area (Å²) in [7, 11) is 0. The number of hydrogen-bond acceptors (Lipinski definition) is 2. The molecule has 0 radical (unpaired) electrons. The summed E-state index contributed by atoms with van der Waals surface area (Å²) < 4.78 is 0. The second-order valence-electron chi connectivity index (χ2n) is 5.45. The molecule has 3 aromatic rings. The van der Waals surface area contributed by atoms with Gasteiger partial charge in [-0.1, -0.05) is 77.8 Å². The zero-order valence-corrected chi connectivity index (χ0v) is 14.1. The van der Waals surface area contributed by atoms with Crippen LogP contribution in [0.1, 0.15) is 16.7 Å². The van der Waals surface area contributed by atoms with Crippen molar-refractivity contribution in [2.75, 3.05) is 0 Å². The predicted molar refractivity (Wildman–Crippen MR) is 102 cm³/mol. The Morgan fingerprint density at radius 3 is 1.88 bits per heavy atom. The molecule has 0 atom stereocenters. The van der Waals surface area contributed by atoms with Gasteiger partial charge in [-0.15, -0.1) is 5.10 Å². The van der Waals surface area contributed by atoms with Crippen molar-refractivity contribution in [3.8, 4) is 11.1 Å². The van der Waals surface area contributed by atoms with Crippen molar-refractivity contribution < 1.29 is 0 Å². The predicted octanol–water partition coefficient (Wildman–Crippen LogP) is 5.85. The first-order valence-electron chi connectivity index (χ1n) is 7.49. The number of halogens is 2. The summed E-state index contributed by atoms with van der Waals surface area (Å²) in [4.78, 5) is 0. The number of benzene rings is 3. The van der Waals surface area contributed by atoms with Crippen molar-refractivity contribution in [2.45, 2.75) is 0 Å². The molecule has 0 aromatic heterocycles. The van der Waals surface area contributed by atoms with Crippen LogP contribution in [0.3, 0.4) is 0 Å². The SMILES string of the molecule is Clc1ccc(/C=N\N=C2c3ccccc3-c3ccccc32)c(Cl)c1. The molecule has 0 bridgehead atoms. The third-order valence-electron chi connectivity index (χ3n) is 3.97. The fourth-order valence-corrected chi connectivity index (χ4v) is 3.31. The highest BCUT2D eigenvalue weighted by Crippen LogP contribution is 2.36. The average Bonchev–Trinajstić information content (AvgIpc) is 2.91. The van der Waals surface area contributed by atoms with Crippen molar-refractivity contribution in [3.05, 3.63) is 93.5 Å². The first-order chi connectivity index (χ1) is 11.7. The summed E-state index contributed by atoms with van der Waals surface area (Å²) in [5, 5.41) is 9.86. The highest BCUT2D eigenvalue weighted by molar-refractivity contribution is 6.36. The second kappa shape index (κ2) is 6.23. The Labute approximate surface area is 150 Å². The van der Waals surface area contributed by atoms with Crippen molar-refractivity contribution >= 4 is 35.1 Å². The lowest BCUT2D eigenvalue weighted by molar-refractivity contribution is 1.25. The molecule has 3 aromatic carbocycles. The van der Waals surface area contributed by atoms with Gasteiger partial charge in [-0.2, -0.15) is 5.10 Å². The number of hydrogen-bond donors (Lipinski definition) is 0. The first-order valence-corrected chi connectivity index (χ1v) is 8.25. The normalized spacial score (nSPS) is 12.3. The molecule has 0 saturated carbocycles. The zero-order chi connectivity index (χ0) is 16.5. The minimum Gasteiger partial charge on any atom is -0.158 e. The van der Waals surface area contributed by atoms with E-state index in [1.54, 1.807) is 18.3 Å². The zero-order valence-electron chi connectivity index (χ0n) is 12.6. The van der Waals surface area contributed by atoms with Crippen LogP contribution in [-0.4, -0.2) is 11.9 Å². The Morgan fingerprint density at radius 2 is 1.29 bits per heavy atom. The lowest BCUT2D eigenvalue weighted by Crippen LogP contribution is -1.97. The lowest BCUT2D eigenvalue weighted by Gasteiger charge is -1.99. The molecule has 1 aliphatic rings. The van der Waals surface area contributed by atoms with Crippen molar-refractivity contribution in [3.63, 3.8) is 0 Å². The summed E-state index contributed by atoms with van der Waals surface area (Å²) in [6, 6.07) is 21.8. The van der Waals surface area contributed by atoms with E-state index in [9.17, 15) is 0 Å². The smallest absolute Gasteiger partial charge is 0.101 e. The molecular formula is C20H12Cl2N2. The monoisotopic (exact) mass is 350 g/mol. The van der Waals surface area contributed by atoms with E-state index in [1.165, 1.54) is 11.1 Å². The Kier molecular flexibility index (Phi) is 3.93. The highest BCUT2D eigenvalue weighted by Gasteiger charge is 2.23. The maximum atomic E-state index is 6.16. The Balaban J connectivity index is 1.76. The molecule has 4 rings (SSSR count). The van der Waals surface area contributed by atoms with E-state index in [0.717, 1.165) is 22.4 Å². The van der Waals surface area contributed by atoms with Crippen molar-refractivity contribution in [2.24, 2.45) is 10.2 Å². The van der Waals surface area contributed by atoms with E-state index in [0.29, 0.717) is 10.0 Å². The van der Waals surface area contributed by atoms with Gasteiger partial charge in [-0.05, 0) is 23.3 Å². The minimum atomic E-state index is 0.554. The Hall–Kier alpha value is -2.42. The molecule has 0 unspecified atom stereocenters. The second-order valence-corrected chi connectivity index (χ2v) is 6.29. The molecule has 0 N–H and O–H groups in total. The summed E-state index contributed by atoms with van der Waals surface area (Å²) in [6.07, 6.45) is 1.65. The van der Waals surface area contributed by atoms with Gasteiger partial charge in [0.05, 0.1) is 11.2 Å². The molecular weight excluding hydrogens is 339 g/mol. The standard InChI is InChI=1S/C20H12Cl2N2/c21-14-10-9-13(19(22)11-14)12-23-24-20-17-7-3-1-5-15(17)16-6-2-4-8-18(16)20/h1-12H/b23-12-. The molecule has 0 aliphatic heterocycles. The van der Waals surface area contributed by atoms with Crippen LogP contribution < -0.4 is 0 Å². The van der Waals surface area contributed by atoms with Crippen molar-refractivity contribution in [1.82, 2.24) is 0 Å². The molecule has 4 heteroatoms. The Morgan fingerprint density at radius 1 is 0.708 bits per heavy atom. The van der Waals surface area contributed by atoms with E-state index < -0.39 is 0 Å². The maximum absolute atomic E-state index is 6.16.